The van der Waals surface area contributed by atoms with E-state index in [4.69, 9.17) is 0 Å². The normalized spacial score (nSPS) is 14.0. The summed E-state index contributed by atoms with van der Waals surface area (Å²) in [5.41, 5.74) is 4.54. The van der Waals surface area contributed by atoms with E-state index in [1.54, 1.807) is 0 Å². The van der Waals surface area contributed by atoms with Crippen LogP contribution < -0.4 is 10.6 Å². The van der Waals surface area contributed by atoms with Crippen molar-refractivity contribution in [2.24, 2.45) is 0 Å². The zero-order valence-corrected chi connectivity index (χ0v) is 12.4. The minimum atomic E-state index is -0.149. The number of aromatic amines is 1. The van der Waals surface area contributed by atoms with Crippen molar-refractivity contribution in [2.75, 3.05) is 11.9 Å². The quantitative estimate of drug-likeness (QED) is 0.810. The second-order valence-corrected chi connectivity index (χ2v) is 5.65. The lowest BCUT2D eigenvalue weighted by Crippen LogP contribution is -2.25. The monoisotopic (exact) mass is 284 g/mol. The molecule has 0 saturated carbocycles. The maximum absolute atomic E-state index is 12.5. The van der Waals surface area contributed by atoms with Crippen LogP contribution in [0.3, 0.4) is 0 Å². The number of amides is 1. The Morgan fingerprint density at radius 1 is 1.33 bits per heavy atom. The highest BCUT2D eigenvalue weighted by Gasteiger charge is 2.22. The van der Waals surface area contributed by atoms with E-state index in [0.29, 0.717) is 18.2 Å². The van der Waals surface area contributed by atoms with Gasteiger partial charge in [-0.15, -0.1) is 0 Å². The summed E-state index contributed by atoms with van der Waals surface area (Å²) in [7, 11) is 0. The molecule has 2 aromatic rings. The summed E-state index contributed by atoms with van der Waals surface area (Å²) in [5, 5.41) is 13.4. The summed E-state index contributed by atoms with van der Waals surface area (Å²) < 4.78 is 0. The van der Waals surface area contributed by atoms with E-state index in [1.807, 2.05) is 24.3 Å². The highest BCUT2D eigenvalue weighted by molar-refractivity contribution is 6.04. The van der Waals surface area contributed by atoms with E-state index in [9.17, 15) is 4.79 Å². The Labute approximate surface area is 124 Å². The number of carbonyl (C=O) groups excluding carboxylic acids is 1. The van der Waals surface area contributed by atoms with Gasteiger partial charge in [-0.3, -0.25) is 9.89 Å². The molecular formula is C16H20N4O. The largest absolute Gasteiger partial charge is 0.320 e. The van der Waals surface area contributed by atoms with Crippen molar-refractivity contribution in [1.29, 1.82) is 0 Å². The van der Waals surface area contributed by atoms with Crippen LogP contribution in [0.1, 0.15) is 47.1 Å². The van der Waals surface area contributed by atoms with Gasteiger partial charge in [0.15, 0.2) is 5.69 Å². The number of carbonyl (C=O) groups is 1. The molecule has 1 aliphatic rings. The average Bonchev–Trinajstić information content (AvgIpc) is 2.91. The van der Waals surface area contributed by atoms with Crippen molar-refractivity contribution in [3.63, 3.8) is 0 Å². The summed E-state index contributed by atoms with van der Waals surface area (Å²) in [5.74, 6) is 0.209. The minimum Gasteiger partial charge on any atom is -0.320 e. The average molecular weight is 284 g/mol. The van der Waals surface area contributed by atoms with Crippen molar-refractivity contribution in [2.45, 2.75) is 32.7 Å². The number of para-hydroxylation sites is 1. The van der Waals surface area contributed by atoms with Crippen LogP contribution in [0.2, 0.25) is 0 Å². The molecule has 0 radical (unpaired) electrons. The van der Waals surface area contributed by atoms with E-state index in [1.165, 1.54) is 0 Å². The van der Waals surface area contributed by atoms with E-state index < -0.39 is 0 Å². The predicted molar refractivity (Wildman–Crippen MR) is 82.5 cm³/mol. The summed E-state index contributed by atoms with van der Waals surface area (Å²) in [6, 6.07) is 7.90. The van der Waals surface area contributed by atoms with E-state index >= 15 is 0 Å². The third-order valence-corrected chi connectivity index (χ3v) is 3.85. The number of anilines is 1. The van der Waals surface area contributed by atoms with Gasteiger partial charge in [-0.05, 0) is 17.5 Å². The minimum absolute atomic E-state index is 0.149. The van der Waals surface area contributed by atoms with Gasteiger partial charge in [0.2, 0.25) is 0 Å². The summed E-state index contributed by atoms with van der Waals surface area (Å²) in [4.78, 5) is 12.5. The zero-order valence-electron chi connectivity index (χ0n) is 12.4. The number of hydrogen-bond acceptors (Lipinski definition) is 3. The second-order valence-electron chi connectivity index (χ2n) is 5.65. The highest BCUT2D eigenvalue weighted by Crippen LogP contribution is 2.25. The second kappa shape index (κ2) is 5.69. The van der Waals surface area contributed by atoms with Gasteiger partial charge in [0.25, 0.3) is 5.91 Å². The summed E-state index contributed by atoms with van der Waals surface area (Å²) in [6.07, 6.45) is 0.887. The van der Waals surface area contributed by atoms with Crippen molar-refractivity contribution in [3.8, 4) is 0 Å². The SMILES string of the molecule is CC(C)c1ccccc1NC(=O)c1n[nH]c2c1CNCC2. The van der Waals surface area contributed by atoms with Crippen LogP contribution in [-0.2, 0) is 13.0 Å². The predicted octanol–water partition coefficient (Wildman–Crippen LogP) is 2.43. The molecule has 1 amide bonds. The Morgan fingerprint density at radius 2 is 2.14 bits per heavy atom. The van der Waals surface area contributed by atoms with Crippen molar-refractivity contribution >= 4 is 11.6 Å². The first-order valence-electron chi connectivity index (χ1n) is 7.34. The molecule has 0 fully saturated rings. The number of benzene rings is 1. The van der Waals surface area contributed by atoms with Gasteiger partial charge in [0, 0.05) is 36.5 Å². The fourth-order valence-electron chi connectivity index (χ4n) is 2.71. The molecular weight excluding hydrogens is 264 g/mol. The van der Waals surface area contributed by atoms with Gasteiger partial charge in [-0.1, -0.05) is 32.0 Å². The number of rotatable bonds is 3. The molecule has 21 heavy (non-hydrogen) atoms. The molecule has 2 heterocycles. The fourth-order valence-corrected chi connectivity index (χ4v) is 2.71. The molecule has 0 saturated heterocycles. The van der Waals surface area contributed by atoms with E-state index in [2.05, 4.69) is 34.7 Å². The smallest absolute Gasteiger partial charge is 0.276 e. The molecule has 3 N–H and O–H groups in total. The molecule has 1 aromatic heterocycles. The van der Waals surface area contributed by atoms with Gasteiger partial charge in [0.05, 0.1) is 0 Å². The van der Waals surface area contributed by atoms with Gasteiger partial charge in [-0.2, -0.15) is 5.10 Å². The lowest BCUT2D eigenvalue weighted by Gasteiger charge is -2.15. The number of aromatic nitrogens is 2. The van der Waals surface area contributed by atoms with Gasteiger partial charge >= 0.3 is 0 Å². The topological polar surface area (TPSA) is 69.8 Å². The van der Waals surface area contributed by atoms with Gasteiger partial charge < -0.3 is 10.6 Å². The number of nitrogens with zero attached hydrogens (tertiary/aromatic N) is 1. The lowest BCUT2D eigenvalue weighted by molar-refractivity contribution is 0.102. The zero-order chi connectivity index (χ0) is 14.8. The summed E-state index contributed by atoms with van der Waals surface area (Å²) >= 11 is 0. The van der Waals surface area contributed by atoms with Gasteiger partial charge in [-0.25, -0.2) is 0 Å². The summed E-state index contributed by atoms with van der Waals surface area (Å²) in [6.45, 7) is 5.85. The van der Waals surface area contributed by atoms with Crippen LogP contribution in [0.4, 0.5) is 5.69 Å². The van der Waals surface area contributed by atoms with Crippen LogP contribution in [0.5, 0.6) is 0 Å². The molecule has 0 spiro atoms. The Balaban J connectivity index is 1.86. The van der Waals surface area contributed by atoms with Crippen LogP contribution >= 0.6 is 0 Å². The molecule has 0 atom stereocenters. The number of fused-ring (bicyclic) bond motifs is 1. The first-order valence-corrected chi connectivity index (χ1v) is 7.34. The first kappa shape index (κ1) is 13.8. The van der Waals surface area contributed by atoms with Gasteiger partial charge in [0.1, 0.15) is 0 Å². The molecule has 110 valence electrons. The Hall–Kier alpha value is -2.14. The standard InChI is InChI=1S/C16H20N4O/c1-10(2)11-5-3-4-6-13(11)18-16(21)15-12-9-17-8-7-14(12)19-20-15/h3-6,10,17H,7-9H2,1-2H3,(H,18,21)(H,19,20). The Morgan fingerprint density at radius 3 is 2.95 bits per heavy atom. The fraction of sp³-hybridized carbons (Fsp3) is 0.375. The molecule has 5 nitrogen and oxygen atoms in total. The van der Waals surface area contributed by atoms with E-state index in [-0.39, 0.29) is 5.91 Å². The molecule has 0 unspecified atom stereocenters. The van der Waals surface area contributed by atoms with Crippen LogP contribution in [0, 0.1) is 0 Å². The lowest BCUT2D eigenvalue weighted by atomic mass is 10.0. The number of nitrogens with one attached hydrogen (secondary N) is 3. The van der Waals surface area contributed by atoms with Crippen molar-refractivity contribution < 1.29 is 4.79 Å². The maximum atomic E-state index is 12.5. The highest BCUT2D eigenvalue weighted by atomic mass is 16.1. The Kier molecular flexibility index (Phi) is 3.75. The molecule has 0 bridgehead atoms. The van der Waals surface area contributed by atoms with Crippen LogP contribution in [0.25, 0.3) is 0 Å². The van der Waals surface area contributed by atoms with E-state index in [0.717, 1.165) is 35.5 Å². The maximum Gasteiger partial charge on any atom is 0.276 e. The van der Waals surface area contributed by atoms with Crippen molar-refractivity contribution in [1.82, 2.24) is 15.5 Å². The third-order valence-electron chi connectivity index (χ3n) is 3.85. The molecule has 1 aromatic carbocycles. The molecule has 5 heteroatoms. The Bertz CT molecular complexity index is 660. The third kappa shape index (κ3) is 2.69. The molecule has 1 aliphatic heterocycles. The first-order chi connectivity index (χ1) is 10.2. The number of H-pyrrole nitrogens is 1. The van der Waals surface area contributed by atoms with Crippen LogP contribution in [0.15, 0.2) is 24.3 Å². The molecule has 3 rings (SSSR count). The van der Waals surface area contributed by atoms with Crippen LogP contribution in [-0.4, -0.2) is 22.6 Å². The number of hydrogen-bond donors (Lipinski definition) is 3. The van der Waals surface area contributed by atoms with Crippen molar-refractivity contribution in [3.05, 3.63) is 46.8 Å². The molecule has 0 aliphatic carbocycles.